The molecular formula is C26H25I. The standard InChI is InChI=1S/C26H25I/c1-18-8-4-6-10-20(18)11-7-5-9-19-12-14-22-23-15-13-21(27)17-25(23)26(2,3)24(22)16-19/h4-8,10-11,13,15-17H,1,9,12,14H2,2-3H3/b7-5-,20-11-. The van der Waals surface area contributed by atoms with Crippen molar-refractivity contribution in [3.63, 3.8) is 0 Å². The Labute approximate surface area is 175 Å². The first-order chi connectivity index (χ1) is 13.0. The van der Waals surface area contributed by atoms with E-state index in [4.69, 9.17) is 0 Å². The molecular weight excluding hydrogens is 439 g/mol. The smallest absolute Gasteiger partial charge is 0.0155 e. The van der Waals surface area contributed by atoms with Crippen molar-refractivity contribution < 1.29 is 0 Å². The van der Waals surface area contributed by atoms with Crippen LogP contribution in [0.2, 0.25) is 0 Å². The molecule has 2 aliphatic rings. The maximum atomic E-state index is 4.08. The van der Waals surface area contributed by atoms with Crippen LogP contribution >= 0.6 is 22.6 Å². The van der Waals surface area contributed by atoms with E-state index in [1.54, 1.807) is 5.57 Å². The summed E-state index contributed by atoms with van der Waals surface area (Å²) < 4.78 is 1.33. The molecule has 0 unspecified atom stereocenters. The summed E-state index contributed by atoms with van der Waals surface area (Å²) in [6, 6.07) is 15.2. The Morgan fingerprint density at radius 3 is 2.74 bits per heavy atom. The summed E-state index contributed by atoms with van der Waals surface area (Å²) in [7, 11) is 0. The summed E-state index contributed by atoms with van der Waals surface area (Å²) in [5, 5.41) is 2.27. The van der Waals surface area contributed by atoms with Crippen LogP contribution in [0.4, 0.5) is 0 Å². The zero-order chi connectivity index (χ0) is 19.0. The summed E-state index contributed by atoms with van der Waals surface area (Å²) >= 11 is 2.43. The van der Waals surface area contributed by atoms with Crippen LogP contribution in [0.1, 0.15) is 44.2 Å². The second-order valence-electron chi connectivity index (χ2n) is 8.01. The predicted molar refractivity (Wildman–Crippen MR) is 126 cm³/mol. The Hall–Kier alpha value is -1.87. The van der Waals surface area contributed by atoms with E-state index in [0.717, 1.165) is 24.5 Å². The summed E-state index contributed by atoms with van der Waals surface area (Å²) in [5.74, 6) is 0. The lowest BCUT2D eigenvalue weighted by atomic mass is 9.78. The lowest BCUT2D eigenvalue weighted by Crippen LogP contribution is -2.21. The molecule has 0 N–H and O–H groups in total. The van der Waals surface area contributed by atoms with Crippen molar-refractivity contribution in [2.75, 3.05) is 0 Å². The summed E-state index contributed by atoms with van der Waals surface area (Å²) in [6.45, 7) is 8.83. The third-order valence-electron chi connectivity index (χ3n) is 5.87. The average molecular weight is 464 g/mol. The van der Waals surface area contributed by atoms with Crippen LogP contribution in [0, 0.1) is 3.57 Å². The monoisotopic (exact) mass is 464 g/mol. The molecule has 0 aromatic heterocycles. The Balaban J connectivity index is 1.57. The molecule has 136 valence electrons. The first kappa shape index (κ1) is 18.5. The lowest BCUT2D eigenvalue weighted by Gasteiger charge is -2.25. The van der Waals surface area contributed by atoms with Gasteiger partial charge in [-0.05, 0) is 86.7 Å². The van der Waals surface area contributed by atoms with Gasteiger partial charge in [-0.1, -0.05) is 80.6 Å². The first-order valence-electron chi connectivity index (χ1n) is 9.61. The Kier molecular flexibility index (Phi) is 4.98. The van der Waals surface area contributed by atoms with Crippen molar-refractivity contribution in [2.24, 2.45) is 0 Å². The number of benzene rings is 2. The fourth-order valence-electron chi connectivity index (χ4n) is 4.31. The van der Waals surface area contributed by atoms with E-state index in [1.165, 1.54) is 31.1 Å². The zero-order valence-corrected chi connectivity index (χ0v) is 18.2. The molecule has 0 saturated carbocycles. The molecule has 0 heterocycles. The van der Waals surface area contributed by atoms with Crippen molar-refractivity contribution in [3.8, 4) is 0 Å². The lowest BCUT2D eigenvalue weighted by molar-refractivity contribution is 0.648. The van der Waals surface area contributed by atoms with Crippen molar-refractivity contribution in [3.05, 3.63) is 97.0 Å². The van der Waals surface area contributed by atoms with Gasteiger partial charge in [-0.2, -0.15) is 0 Å². The van der Waals surface area contributed by atoms with Gasteiger partial charge in [0.1, 0.15) is 0 Å². The maximum absolute atomic E-state index is 4.08. The van der Waals surface area contributed by atoms with Crippen LogP contribution in [-0.4, -0.2) is 0 Å². The first-order valence-corrected chi connectivity index (χ1v) is 10.7. The second-order valence-corrected chi connectivity index (χ2v) is 9.25. The van der Waals surface area contributed by atoms with E-state index in [-0.39, 0.29) is 5.41 Å². The van der Waals surface area contributed by atoms with E-state index in [1.807, 2.05) is 6.07 Å². The molecule has 0 spiro atoms. The van der Waals surface area contributed by atoms with E-state index in [9.17, 15) is 0 Å². The number of hydrogen-bond acceptors (Lipinski definition) is 0. The molecule has 4 rings (SSSR count). The van der Waals surface area contributed by atoms with Crippen LogP contribution in [-0.2, 0) is 5.41 Å². The zero-order valence-electron chi connectivity index (χ0n) is 16.1. The fourth-order valence-corrected chi connectivity index (χ4v) is 4.80. The molecule has 0 atom stereocenters. The molecule has 2 aromatic rings. The highest BCUT2D eigenvalue weighted by atomic mass is 127. The largest absolute Gasteiger partial charge is 0.0912 e. The van der Waals surface area contributed by atoms with Gasteiger partial charge in [-0.25, -0.2) is 0 Å². The molecule has 2 aromatic carbocycles. The Morgan fingerprint density at radius 2 is 1.93 bits per heavy atom. The van der Waals surface area contributed by atoms with Gasteiger partial charge < -0.3 is 0 Å². The summed E-state index contributed by atoms with van der Waals surface area (Å²) in [5.41, 5.74) is 7.71. The molecule has 0 saturated heterocycles. The van der Waals surface area contributed by atoms with E-state index in [0.29, 0.717) is 0 Å². The summed E-state index contributed by atoms with van der Waals surface area (Å²) in [6.07, 6.45) is 12.4. The number of halogens is 1. The van der Waals surface area contributed by atoms with Crippen molar-refractivity contribution >= 4 is 40.8 Å². The third-order valence-corrected chi connectivity index (χ3v) is 6.54. The molecule has 0 fully saturated rings. The Bertz CT molecular complexity index is 1090. The van der Waals surface area contributed by atoms with Crippen LogP contribution in [0.25, 0.3) is 18.2 Å². The van der Waals surface area contributed by atoms with Crippen LogP contribution in [0.5, 0.6) is 0 Å². The SMILES string of the molecule is C=c1cccc/c1=C/C=C\CC1=CC2=C(CC1)c1ccc(I)cc1C2(C)C. The molecule has 0 nitrogen and oxygen atoms in total. The van der Waals surface area contributed by atoms with E-state index < -0.39 is 0 Å². The molecule has 0 aliphatic heterocycles. The third kappa shape index (κ3) is 3.50. The fraction of sp³-hybridized carbons (Fsp3) is 0.231. The number of hydrogen-bond donors (Lipinski definition) is 0. The average Bonchev–Trinajstić information content (AvgIpc) is 2.87. The van der Waals surface area contributed by atoms with Gasteiger partial charge in [0.05, 0.1) is 0 Å². The minimum absolute atomic E-state index is 0.111. The minimum Gasteiger partial charge on any atom is -0.0912 e. The van der Waals surface area contributed by atoms with Crippen LogP contribution in [0.3, 0.4) is 0 Å². The number of allylic oxidation sites excluding steroid dienone is 6. The van der Waals surface area contributed by atoms with E-state index >= 15 is 0 Å². The van der Waals surface area contributed by atoms with Gasteiger partial charge in [0, 0.05) is 8.99 Å². The van der Waals surface area contributed by atoms with Gasteiger partial charge in [0.15, 0.2) is 0 Å². The highest BCUT2D eigenvalue weighted by Crippen LogP contribution is 2.51. The van der Waals surface area contributed by atoms with Crippen molar-refractivity contribution in [2.45, 2.75) is 38.5 Å². The Morgan fingerprint density at radius 1 is 1.11 bits per heavy atom. The predicted octanol–water partition coefficient (Wildman–Crippen LogP) is 5.89. The molecule has 0 amide bonds. The quantitative estimate of drug-likeness (QED) is 0.497. The normalized spacial score (nSPS) is 18.6. The van der Waals surface area contributed by atoms with Gasteiger partial charge >= 0.3 is 0 Å². The van der Waals surface area contributed by atoms with Gasteiger partial charge in [-0.3, -0.25) is 0 Å². The highest BCUT2D eigenvalue weighted by Gasteiger charge is 2.37. The summed E-state index contributed by atoms with van der Waals surface area (Å²) in [4.78, 5) is 0. The number of fused-ring (bicyclic) bond motifs is 2. The molecule has 2 aliphatic carbocycles. The number of rotatable bonds is 3. The topological polar surface area (TPSA) is 0 Å². The highest BCUT2D eigenvalue weighted by molar-refractivity contribution is 14.1. The van der Waals surface area contributed by atoms with Gasteiger partial charge in [-0.15, -0.1) is 0 Å². The second kappa shape index (κ2) is 7.27. The van der Waals surface area contributed by atoms with Crippen LogP contribution in [0.15, 0.2) is 71.8 Å². The minimum atomic E-state index is 0.111. The molecule has 0 radical (unpaired) electrons. The maximum Gasteiger partial charge on any atom is 0.0155 e. The van der Waals surface area contributed by atoms with Gasteiger partial charge in [0.25, 0.3) is 0 Å². The van der Waals surface area contributed by atoms with Crippen molar-refractivity contribution in [1.82, 2.24) is 0 Å². The molecule has 1 heteroatoms. The van der Waals surface area contributed by atoms with Gasteiger partial charge in [0.2, 0.25) is 0 Å². The molecule has 27 heavy (non-hydrogen) atoms. The molecule has 0 bridgehead atoms. The van der Waals surface area contributed by atoms with E-state index in [2.05, 4.69) is 104 Å². The van der Waals surface area contributed by atoms with Crippen LogP contribution < -0.4 is 10.4 Å². The van der Waals surface area contributed by atoms with Crippen molar-refractivity contribution in [1.29, 1.82) is 0 Å².